The first kappa shape index (κ1) is 10.8. The molecule has 0 fully saturated rings. The monoisotopic (exact) mass is 222 g/mol. The van der Waals surface area contributed by atoms with Gasteiger partial charge in [0, 0.05) is 6.42 Å². The van der Waals surface area contributed by atoms with Crippen molar-refractivity contribution in [2.45, 2.75) is 19.8 Å². The molecular weight excluding hydrogens is 208 g/mol. The molecule has 4 nitrogen and oxygen atoms in total. The largest absolute Gasteiger partial charge is 0.490 e. The van der Waals surface area contributed by atoms with E-state index in [2.05, 4.69) is 0 Å². The Labute approximate surface area is 93.8 Å². The van der Waals surface area contributed by atoms with Crippen LogP contribution in [0, 0.1) is 6.92 Å². The Hall–Kier alpha value is -1.71. The van der Waals surface area contributed by atoms with Crippen LogP contribution in [0.5, 0.6) is 11.5 Å². The van der Waals surface area contributed by atoms with Gasteiger partial charge >= 0.3 is 5.97 Å². The van der Waals surface area contributed by atoms with Crippen LogP contribution in [0.4, 0.5) is 0 Å². The SMILES string of the molecule is Cc1cc(CC(=O)O)cc2c1OCCCO2. The van der Waals surface area contributed by atoms with Crippen LogP contribution in [-0.4, -0.2) is 24.3 Å². The van der Waals surface area contributed by atoms with Gasteiger partial charge in [0.15, 0.2) is 11.5 Å². The average molecular weight is 222 g/mol. The van der Waals surface area contributed by atoms with Gasteiger partial charge in [0.05, 0.1) is 19.6 Å². The zero-order chi connectivity index (χ0) is 11.5. The maximum absolute atomic E-state index is 10.6. The minimum absolute atomic E-state index is 0.0114. The maximum Gasteiger partial charge on any atom is 0.307 e. The number of carboxylic acids is 1. The molecule has 0 aliphatic carbocycles. The van der Waals surface area contributed by atoms with E-state index in [1.807, 2.05) is 13.0 Å². The molecule has 0 bridgehead atoms. The molecule has 0 spiro atoms. The summed E-state index contributed by atoms with van der Waals surface area (Å²) in [6.45, 7) is 3.16. The van der Waals surface area contributed by atoms with Crippen LogP contribution >= 0.6 is 0 Å². The highest BCUT2D eigenvalue weighted by Crippen LogP contribution is 2.34. The molecule has 1 aliphatic heterocycles. The fourth-order valence-electron chi connectivity index (χ4n) is 1.80. The summed E-state index contributed by atoms with van der Waals surface area (Å²) in [5.41, 5.74) is 1.67. The van der Waals surface area contributed by atoms with Crippen molar-refractivity contribution in [2.24, 2.45) is 0 Å². The summed E-state index contributed by atoms with van der Waals surface area (Å²) in [4.78, 5) is 10.6. The molecule has 1 aliphatic rings. The minimum atomic E-state index is -0.839. The topological polar surface area (TPSA) is 55.8 Å². The van der Waals surface area contributed by atoms with Crippen LogP contribution in [0.3, 0.4) is 0 Å². The molecule has 86 valence electrons. The van der Waals surface area contributed by atoms with Gasteiger partial charge in [-0.2, -0.15) is 0 Å². The Morgan fingerprint density at radius 3 is 2.88 bits per heavy atom. The third kappa shape index (κ3) is 2.27. The number of rotatable bonds is 2. The van der Waals surface area contributed by atoms with Gasteiger partial charge in [0.1, 0.15) is 0 Å². The second kappa shape index (κ2) is 4.43. The second-order valence-electron chi connectivity index (χ2n) is 3.86. The molecule has 1 aromatic carbocycles. The van der Waals surface area contributed by atoms with E-state index < -0.39 is 5.97 Å². The highest BCUT2D eigenvalue weighted by molar-refractivity contribution is 5.71. The highest BCUT2D eigenvalue weighted by atomic mass is 16.5. The van der Waals surface area contributed by atoms with Gasteiger partial charge in [-0.05, 0) is 24.1 Å². The average Bonchev–Trinajstić information content (AvgIpc) is 2.41. The van der Waals surface area contributed by atoms with Gasteiger partial charge in [0.25, 0.3) is 0 Å². The van der Waals surface area contributed by atoms with E-state index in [0.29, 0.717) is 19.0 Å². The lowest BCUT2D eigenvalue weighted by Crippen LogP contribution is -2.02. The molecule has 4 heteroatoms. The van der Waals surface area contributed by atoms with Crippen molar-refractivity contribution in [3.63, 3.8) is 0 Å². The number of carbonyl (C=O) groups is 1. The fourth-order valence-corrected chi connectivity index (χ4v) is 1.80. The highest BCUT2D eigenvalue weighted by Gasteiger charge is 2.15. The van der Waals surface area contributed by atoms with Crippen molar-refractivity contribution < 1.29 is 19.4 Å². The molecule has 0 saturated heterocycles. The molecule has 16 heavy (non-hydrogen) atoms. The molecular formula is C12H14O4. The summed E-state index contributed by atoms with van der Waals surface area (Å²) in [5.74, 6) is 0.564. The Balaban J connectivity index is 2.35. The van der Waals surface area contributed by atoms with Crippen LogP contribution in [0.15, 0.2) is 12.1 Å². The summed E-state index contributed by atoms with van der Waals surface area (Å²) in [6, 6.07) is 3.59. The van der Waals surface area contributed by atoms with Crippen molar-refractivity contribution in [3.8, 4) is 11.5 Å². The van der Waals surface area contributed by atoms with Crippen molar-refractivity contribution >= 4 is 5.97 Å². The van der Waals surface area contributed by atoms with Crippen LogP contribution in [0.1, 0.15) is 17.5 Å². The predicted octanol–water partition coefficient (Wildman–Crippen LogP) is 1.78. The summed E-state index contributed by atoms with van der Waals surface area (Å²) in [7, 11) is 0. The zero-order valence-corrected chi connectivity index (χ0v) is 9.16. The Morgan fingerprint density at radius 2 is 2.12 bits per heavy atom. The molecule has 0 unspecified atom stereocenters. The van der Waals surface area contributed by atoms with E-state index in [1.54, 1.807) is 6.07 Å². The number of hydrogen-bond donors (Lipinski definition) is 1. The van der Waals surface area contributed by atoms with Gasteiger partial charge in [0.2, 0.25) is 0 Å². The molecule has 0 atom stereocenters. The Bertz CT molecular complexity index is 412. The first-order valence-electron chi connectivity index (χ1n) is 5.28. The number of ether oxygens (including phenoxy) is 2. The predicted molar refractivity (Wildman–Crippen MR) is 58.1 cm³/mol. The molecule has 1 N–H and O–H groups in total. The van der Waals surface area contributed by atoms with Gasteiger partial charge in [-0.15, -0.1) is 0 Å². The number of benzene rings is 1. The third-order valence-corrected chi connectivity index (χ3v) is 2.45. The van der Waals surface area contributed by atoms with E-state index >= 15 is 0 Å². The summed E-state index contributed by atoms with van der Waals surface area (Å²) in [5, 5.41) is 8.75. The van der Waals surface area contributed by atoms with Gasteiger partial charge < -0.3 is 14.6 Å². The van der Waals surface area contributed by atoms with Crippen molar-refractivity contribution in [3.05, 3.63) is 23.3 Å². The maximum atomic E-state index is 10.6. The number of aryl methyl sites for hydroxylation is 1. The third-order valence-electron chi connectivity index (χ3n) is 2.45. The minimum Gasteiger partial charge on any atom is -0.490 e. The molecule has 0 aromatic heterocycles. The van der Waals surface area contributed by atoms with Crippen molar-refractivity contribution in [1.82, 2.24) is 0 Å². The summed E-state index contributed by atoms with van der Waals surface area (Å²) >= 11 is 0. The molecule has 1 heterocycles. The summed E-state index contributed by atoms with van der Waals surface area (Å²) < 4.78 is 11.1. The number of carboxylic acid groups (broad SMARTS) is 1. The normalized spacial score (nSPS) is 14.3. The van der Waals surface area contributed by atoms with Gasteiger partial charge in [-0.25, -0.2) is 0 Å². The van der Waals surface area contributed by atoms with E-state index in [0.717, 1.165) is 23.3 Å². The van der Waals surface area contributed by atoms with E-state index in [9.17, 15) is 4.79 Å². The van der Waals surface area contributed by atoms with Crippen molar-refractivity contribution in [1.29, 1.82) is 0 Å². The van der Waals surface area contributed by atoms with E-state index in [-0.39, 0.29) is 6.42 Å². The summed E-state index contributed by atoms with van der Waals surface area (Å²) in [6.07, 6.45) is 0.861. The first-order valence-corrected chi connectivity index (χ1v) is 5.28. The molecule has 1 aromatic rings. The quantitative estimate of drug-likeness (QED) is 0.828. The lowest BCUT2D eigenvalue weighted by molar-refractivity contribution is -0.136. The number of fused-ring (bicyclic) bond motifs is 1. The first-order chi connectivity index (χ1) is 7.66. The Kier molecular flexibility index (Phi) is 2.99. The van der Waals surface area contributed by atoms with E-state index in [4.69, 9.17) is 14.6 Å². The Morgan fingerprint density at radius 1 is 1.38 bits per heavy atom. The molecule has 0 radical (unpaired) electrons. The molecule has 0 amide bonds. The van der Waals surface area contributed by atoms with Crippen LogP contribution in [0.2, 0.25) is 0 Å². The standard InChI is InChI=1S/C12H14O4/c1-8-5-9(7-11(13)14)6-10-12(8)16-4-2-3-15-10/h5-6H,2-4,7H2,1H3,(H,13,14). The van der Waals surface area contributed by atoms with Crippen LogP contribution < -0.4 is 9.47 Å². The number of aliphatic carboxylic acids is 1. The molecule has 0 saturated carbocycles. The lowest BCUT2D eigenvalue weighted by atomic mass is 10.1. The number of hydrogen-bond acceptors (Lipinski definition) is 3. The van der Waals surface area contributed by atoms with Gasteiger partial charge in [-0.1, -0.05) is 6.07 Å². The van der Waals surface area contributed by atoms with Crippen LogP contribution in [0.25, 0.3) is 0 Å². The van der Waals surface area contributed by atoms with Crippen molar-refractivity contribution in [2.75, 3.05) is 13.2 Å². The van der Waals surface area contributed by atoms with Gasteiger partial charge in [-0.3, -0.25) is 4.79 Å². The second-order valence-corrected chi connectivity index (χ2v) is 3.86. The van der Waals surface area contributed by atoms with Crippen LogP contribution in [-0.2, 0) is 11.2 Å². The fraction of sp³-hybridized carbons (Fsp3) is 0.417. The lowest BCUT2D eigenvalue weighted by Gasteiger charge is -2.11. The smallest absolute Gasteiger partial charge is 0.307 e. The zero-order valence-electron chi connectivity index (χ0n) is 9.16. The molecule has 2 rings (SSSR count). The van der Waals surface area contributed by atoms with E-state index in [1.165, 1.54) is 0 Å².